The molecule has 3 heterocycles. The Labute approximate surface area is 151 Å². The lowest BCUT2D eigenvalue weighted by molar-refractivity contribution is 0.501. The molecular formula is C21H20N4O. The van der Waals surface area contributed by atoms with Crippen LogP contribution in [0.4, 0.5) is 0 Å². The van der Waals surface area contributed by atoms with Crippen LogP contribution in [0.25, 0.3) is 11.0 Å². The van der Waals surface area contributed by atoms with Gasteiger partial charge < -0.3 is 9.40 Å². The van der Waals surface area contributed by atoms with Gasteiger partial charge in [-0.25, -0.2) is 15.8 Å². The second-order valence-corrected chi connectivity index (χ2v) is 6.75. The first kappa shape index (κ1) is 15.4. The van der Waals surface area contributed by atoms with E-state index in [1.54, 1.807) is 6.26 Å². The molecule has 3 atom stereocenters. The van der Waals surface area contributed by atoms with Gasteiger partial charge in [0.05, 0.1) is 29.4 Å². The summed E-state index contributed by atoms with van der Waals surface area (Å²) in [5, 5.41) is 0. The Morgan fingerprint density at radius 1 is 0.885 bits per heavy atom. The van der Waals surface area contributed by atoms with Crippen LogP contribution in [0.15, 0.2) is 71.3 Å². The van der Waals surface area contributed by atoms with Crippen LogP contribution >= 0.6 is 0 Å². The van der Waals surface area contributed by atoms with E-state index in [9.17, 15) is 0 Å². The first-order valence-electron chi connectivity index (χ1n) is 8.86. The molecule has 0 spiro atoms. The molecule has 0 radical (unpaired) electrons. The summed E-state index contributed by atoms with van der Waals surface area (Å²) in [6.45, 7) is 2.01. The van der Waals surface area contributed by atoms with Crippen molar-refractivity contribution in [3.8, 4) is 0 Å². The van der Waals surface area contributed by atoms with Crippen LogP contribution in [-0.4, -0.2) is 9.97 Å². The van der Waals surface area contributed by atoms with E-state index in [4.69, 9.17) is 9.40 Å². The second-order valence-electron chi connectivity index (χ2n) is 6.75. The molecule has 0 bridgehead atoms. The highest BCUT2D eigenvalue weighted by atomic mass is 16.3. The number of rotatable bonds is 3. The maximum atomic E-state index is 5.56. The summed E-state index contributed by atoms with van der Waals surface area (Å²) in [7, 11) is 0. The fourth-order valence-electron chi connectivity index (χ4n) is 3.96. The first-order valence-corrected chi connectivity index (χ1v) is 8.86. The Kier molecular flexibility index (Phi) is 3.62. The Hall–Kier alpha value is -2.89. The van der Waals surface area contributed by atoms with Crippen LogP contribution in [0, 0.1) is 6.92 Å². The number of hydrogen-bond donors (Lipinski definition) is 3. The van der Waals surface area contributed by atoms with Crippen molar-refractivity contribution in [2.24, 2.45) is 0 Å². The lowest BCUT2D eigenvalue weighted by Gasteiger charge is -2.22. The Bertz CT molecular complexity index is 1000. The van der Waals surface area contributed by atoms with E-state index >= 15 is 0 Å². The molecule has 2 aromatic carbocycles. The number of imidazole rings is 1. The maximum absolute atomic E-state index is 5.56. The molecule has 26 heavy (non-hydrogen) atoms. The third-order valence-corrected chi connectivity index (χ3v) is 5.23. The largest absolute Gasteiger partial charge is 0.469 e. The number of furan rings is 1. The van der Waals surface area contributed by atoms with Crippen molar-refractivity contribution in [3.05, 3.63) is 89.6 Å². The molecule has 0 saturated carbocycles. The predicted molar refractivity (Wildman–Crippen MR) is 100 cm³/mol. The zero-order valence-corrected chi connectivity index (χ0v) is 14.4. The van der Waals surface area contributed by atoms with Gasteiger partial charge in [0.1, 0.15) is 11.6 Å². The molecule has 2 aromatic heterocycles. The molecule has 4 aromatic rings. The van der Waals surface area contributed by atoms with Gasteiger partial charge in [-0.2, -0.15) is 0 Å². The van der Waals surface area contributed by atoms with Gasteiger partial charge in [-0.15, -0.1) is 0 Å². The molecule has 1 aliphatic heterocycles. The molecule has 0 aliphatic carbocycles. The molecule has 5 rings (SSSR count). The van der Waals surface area contributed by atoms with Crippen LogP contribution in [-0.2, 0) is 0 Å². The molecule has 1 saturated heterocycles. The third kappa shape index (κ3) is 2.44. The van der Waals surface area contributed by atoms with Crippen molar-refractivity contribution in [3.63, 3.8) is 0 Å². The highest BCUT2D eigenvalue weighted by Crippen LogP contribution is 2.44. The monoisotopic (exact) mass is 344 g/mol. The molecule has 130 valence electrons. The summed E-state index contributed by atoms with van der Waals surface area (Å²) in [5.74, 6) is 2.07. The average molecular weight is 344 g/mol. The minimum Gasteiger partial charge on any atom is -0.469 e. The molecule has 5 heteroatoms. The Morgan fingerprint density at radius 2 is 1.65 bits per heavy atom. The van der Waals surface area contributed by atoms with E-state index in [-0.39, 0.29) is 18.0 Å². The lowest BCUT2D eigenvalue weighted by atomic mass is 9.83. The zero-order valence-electron chi connectivity index (χ0n) is 14.4. The number of H-pyrrole nitrogens is 1. The fraction of sp³-hybridized carbons (Fsp3) is 0.190. The van der Waals surface area contributed by atoms with E-state index in [0.717, 1.165) is 22.6 Å². The van der Waals surface area contributed by atoms with Crippen molar-refractivity contribution in [1.82, 2.24) is 20.8 Å². The summed E-state index contributed by atoms with van der Waals surface area (Å²) < 4.78 is 5.56. The molecule has 1 fully saturated rings. The predicted octanol–water partition coefficient (Wildman–Crippen LogP) is 4.14. The molecule has 1 aliphatic rings. The van der Waals surface area contributed by atoms with E-state index < -0.39 is 0 Å². The number of hydrazine groups is 1. The molecule has 3 N–H and O–H groups in total. The van der Waals surface area contributed by atoms with Crippen molar-refractivity contribution >= 4 is 11.0 Å². The Balaban J connectivity index is 1.61. The molecule has 3 unspecified atom stereocenters. The van der Waals surface area contributed by atoms with E-state index in [1.807, 2.05) is 37.3 Å². The van der Waals surface area contributed by atoms with E-state index in [0.29, 0.717) is 0 Å². The van der Waals surface area contributed by atoms with Gasteiger partial charge in [0.15, 0.2) is 0 Å². The van der Waals surface area contributed by atoms with Gasteiger partial charge in [0.2, 0.25) is 0 Å². The smallest absolute Gasteiger partial charge is 0.126 e. The summed E-state index contributed by atoms with van der Waals surface area (Å²) in [6.07, 6.45) is 1.75. The number of nitrogens with one attached hydrogen (secondary N) is 3. The van der Waals surface area contributed by atoms with Crippen molar-refractivity contribution in [2.75, 3.05) is 0 Å². The third-order valence-electron chi connectivity index (χ3n) is 5.23. The van der Waals surface area contributed by atoms with Crippen molar-refractivity contribution in [2.45, 2.75) is 24.9 Å². The quantitative estimate of drug-likeness (QED) is 0.523. The maximum Gasteiger partial charge on any atom is 0.126 e. The van der Waals surface area contributed by atoms with Crippen LogP contribution in [0.5, 0.6) is 0 Å². The number of nitrogens with zero attached hydrogens (tertiary/aromatic N) is 1. The Morgan fingerprint density at radius 3 is 2.42 bits per heavy atom. The van der Waals surface area contributed by atoms with E-state index in [2.05, 4.69) is 46.2 Å². The minimum atomic E-state index is 0.0316. The lowest BCUT2D eigenvalue weighted by Crippen LogP contribution is -2.27. The normalized spacial score (nSPS) is 22.9. The number of fused-ring (bicyclic) bond motifs is 1. The van der Waals surface area contributed by atoms with Gasteiger partial charge in [-0.1, -0.05) is 42.5 Å². The summed E-state index contributed by atoms with van der Waals surface area (Å²) in [4.78, 5) is 8.31. The highest BCUT2D eigenvalue weighted by Gasteiger charge is 2.41. The van der Waals surface area contributed by atoms with Gasteiger partial charge in [0, 0.05) is 11.5 Å². The summed E-state index contributed by atoms with van der Waals surface area (Å²) >= 11 is 0. The molecule has 0 amide bonds. The number of hydrogen-bond acceptors (Lipinski definition) is 4. The average Bonchev–Trinajstić information content (AvgIpc) is 3.39. The topological polar surface area (TPSA) is 65.9 Å². The molecule has 5 nitrogen and oxygen atoms in total. The number of aromatic nitrogens is 2. The summed E-state index contributed by atoms with van der Waals surface area (Å²) in [6, 6.07) is 20.9. The zero-order chi connectivity index (χ0) is 17.5. The molecular weight excluding hydrogens is 324 g/mol. The van der Waals surface area contributed by atoms with Gasteiger partial charge >= 0.3 is 0 Å². The second kappa shape index (κ2) is 6.12. The van der Waals surface area contributed by atoms with Gasteiger partial charge in [0.25, 0.3) is 0 Å². The number of aryl methyl sites for hydroxylation is 1. The first-order chi connectivity index (χ1) is 12.8. The SMILES string of the molecule is Cc1occc1C1NNC(c2nc3ccccc3[nH]2)C1c1ccccc1. The number of aromatic amines is 1. The van der Waals surface area contributed by atoms with Crippen molar-refractivity contribution in [1.29, 1.82) is 0 Å². The minimum absolute atomic E-state index is 0.0316. The van der Waals surface area contributed by atoms with E-state index in [1.165, 1.54) is 11.1 Å². The number of benzene rings is 2. The van der Waals surface area contributed by atoms with Gasteiger partial charge in [-0.05, 0) is 30.7 Å². The van der Waals surface area contributed by atoms with Crippen molar-refractivity contribution < 1.29 is 4.42 Å². The highest BCUT2D eigenvalue weighted by molar-refractivity contribution is 5.74. The van der Waals surface area contributed by atoms with Crippen LogP contribution in [0.2, 0.25) is 0 Å². The van der Waals surface area contributed by atoms with Crippen LogP contribution in [0.1, 0.15) is 40.7 Å². The van der Waals surface area contributed by atoms with Crippen LogP contribution < -0.4 is 10.9 Å². The standard InChI is InChI=1S/C21H20N4O/c1-13-15(11-12-26-13)19-18(14-7-3-2-4-8-14)20(25-24-19)21-22-16-9-5-6-10-17(16)23-21/h2-12,18-20,24-25H,1H3,(H,22,23). The van der Waals surface area contributed by atoms with Crippen LogP contribution in [0.3, 0.4) is 0 Å². The fourth-order valence-corrected chi connectivity index (χ4v) is 3.96. The number of para-hydroxylation sites is 2. The summed E-state index contributed by atoms with van der Waals surface area (Å²) in [5.41, 5.74) is 11.4. The van der Waals surface area contributed by atoms with Gasteiger partial charge in [-0.3, -0.25) is 0 Å².